The highest BCUT2D eigenvalue weighted by molar-refractivity contribution is 9.10. The Bertz CT molecular complexity index is 546. The molecule has 0 aliphatic rings. The Labute approximate surface area is 119 Å². The van der Waals surface area contributed by atoms with E-state index in [4.69, 9.17) is 4.74 Å². The monoisotopic (exact) mass is 324 g/mol. The predicted molar refractivity (Wildman–Crippen MR) is 75.4 cm³/mol. The van der Waals surface area contributed by atoms with Crippen LogP contribution in [0.25, 0.3) is 0 Å². The molecule has 0 aliphatic heterocycles. The van der Waals surface area contributed by atoms with Crippen LogP contribution in [0.1, 0.15) is 11.3 Å². The molecular formula is C14H14BrFN2O. The number of aromatic nitrogens is 1. The van der Waals surface area contributed by atoms with Crippen molar-refractivity contribution in [2.24, 2.45) is 0 Å². The Morgan fingerprint density at radius 2 is 2.16 bits per heavy atom. The van der Waals surface area contributed by atoms with Crippen molar-refractivity contribution in [3.8, 4) is 5.75 Å². The van der Waals surface area contributed by atoms with Crippen molar-refractivity contribution in [2.75, 3.05) is 7.05 Å². The third-order valence-electron chi connectivity index (χ3n) is 2.54. The molecule has 1 aromatic heterocycles. The Morgan fingerprint density at radius 1 is 1.32 bits per heavy atom. The van der Waals surface area contributed by atoms with Crippen molar-refractivity contribution < 1.29 is 9.13 Å². The Kier molecular flexibility index (Phi) is 4.87. The number of rotatable bonds is 5. The van der Waals surface area contributed by atoms with Crippen molar-refractivity contribution in [1.29, 1.82) is 0 Å². The lowest BCUT2D eigenvalue weighted by atomic mass is 10.2. The van der Waals surface area contributed by atoms with E-state index in [2.05, 4.69) is 26.2 Å². The Balaban J connectivity index is 1.98. The zero-order valence-corrected chi connectivity index (χ0v) is 12.1. The molecule has 0 spiro atoms. The van der Waals surface area contributed by atoms with E-state index in [1.165, 1.54) is 12.1 Å². The van der Waals surface area contributed by atoms with Crippen molar-refractivity contribution in [3.05, 3.63) is 58.1 Å². The van der Waals surface area contributed by atoms with E-state index in [9.17, 15) is 4.39 Å². The van der Waals surface area contributed by atoms with E-state index in [0.717, 1.165) is 17.8 Å². The zero-order chi connectivity index (χ0) is 13.7. The fourth-order valence-corrected chi connectivity index (χ4v) is 2.06. The van der Waals surface area contributed by atoms with Crippen molar-refractivity contribution >= 4 is 15.9 Å². The quantitative estimate of drug-likeness (QED) is 0.916. The summed E-state index contributed by atoms with van der Waals surface area (Å²) in [5, 5.41) is 3.06. The fraction of sp³-hybridized carbons (Fsp3) is 0.214. The van der Waals surface area contributed by atoms with Gasteiger partial charge in [0.05, 0.1) is 10.2 Å². The molecule has 100 valence electrons. The fourth-order valence-electron chi connectivity index (χ4n) is 1.59. The second-order valence-corrected chi connectivity index (χ2v) is 4.91. The van der Waals surface area contributed by atoms with Crippen molar-refractivity contribution in [1.82, 2.24) is 10.3 Å². The third-order valence-corrected chi connectivity index (χ3v) is 3.16. The normalized spacial score (nSPS) is 10.5. The number of halogens is 2. The molecule has 1 heterocycles. The summed E-state index contributed by atoms with van der Waals surface area (Å²) < 4.78 is 19.1. The predicted octanol–water partition coefficient (Wildman–Crippen LogP) is 3.28. The number of hydrogen-bond acceptors (Lipinski definition) is 3. The Morgan fingerprint density at radius 3 is 2.79 bits per heavy atom. The van der Waals surface area contributed by atoms with Gasteiger partial charge in [-0.1, -0.05) is 6.07 Å². The van der Waals surface area contributed by atoms with Crippen LogP contribution in [0, 0.1) is 5.82 Å². The number of pyridine rings is 1. The molecular weight excluding hydrogens is 311 g/mol. The van der Waals surface area contributed by atoms with Gasteiger partial charge in [-0.2, -0.15) is 0 Å². The van der Waals surface area contributed by atoms with E-state index >= 15 is 0 Å². The lowest BCUT2D eigenvalue weighted by Gasteiger charge is -2.08. The van der Waals surface area contributed by atoms with Gasteiger partial charge in [0.25, 0.3) is 0 Å². The first-order valence-electron chi connectivity index (χ1n) is 5.85. The first kappa shape index (κ1) is 14.0. The van der Waals surface area contributed by atoms with Crippen LogP contribution in [0.5, 0.6) is 5.75 Å². The minimum atomic E-state index is -0.297. The van der Waals surface area contributed by atoms with Crippen LogP contribution in [0.3, 0.4) is 0 Å². The largest absolute Gasteiger partial charge is 0.486 e. The van der Waals surface area contributed by atoms with Gasteiger partial charge in [-0.3, -0.25) is 4.98 Å². The first-order chi connectivity index (χ1) is 9.19. The molecule has 3 nitrogen and oxygen atoms in total. The standard InChI is InChI=1S/C14H14BrFN2O/c1-17-7-10-2-4-12(18-8-10)9-19-14-5-3-11(16)6-13(14)15/h2-6,8,17H,7,9H2,1H3. The molecule has 0 fully saturated rings. The minimum Gasteiger partial charge on any atom is -0.486 e. The third kappa shape index (κ3) is 4.01. The van der Waals surface area contributed by atoms with Crippen LogP contribution in [0.2, 0.25) is 0 Å². The van der Waals surface area contributed by atoms with E-state index < -0.39 is 0 Å². The number of benzene rings is 1. The molecule has 0 saturated heterocycles. The van der Waals surface area contributed by atoms with E-state index in [1.807, 2.05) is 25.4 Å². The average molecular weight is 325 g/mol. The van der Waals surface area contributed by atoms with Crippen molar-refractivity contribution in [2.45, 2.75) is 13.2 Å². The molecule has 0 aliphatic carbocycles. The summed E-state index contributed by atoms with van der Waals surface area (Å²) >= 11 is 3.26. The number of nitrogens with zero attached hydrogens (tertiary/aromatic N) is 1. The van der Waals surface area contributed by atoms with Crippen LogP contribution in [0.15, 0.2) is 41.0 Å². The van der Waals surface area contributed by atoms with Gasteiger partial charge in [0, 0.05) is 12.7 Å². The molecule has 19 heavy (non-hydrogen) atoms. The first-order valence-corrected chi connectivity index (χ1v) is 6.64. The second kappa shape index (κ2) is 6.63. The number of hydrogen-bond donors (Lipinski definition) is 1. The molecule has 0 amide bonds. The van der Waals surface area contributed by atoms with Crippen molar-refractivity contribution in [3.63, 3.8) is 0 Å². The van der Waals surface area contributed by atoms with Crippen LogP contribution in [-0.2, 0) is 13.2 Å². The lowest BCUT2D eigenvalue weighted by Crippen LogP contribution is -2.06. The van der Waals surface area contributed by atoms with Crippen LogP contribution in [0.4, 0.5) is 4.39 Å². The second-order valence-electron chi connectivity index (χ2n) is 4.05. The van der Waals surface area contributed by atoms with Gasteiger partial charge in [0.15, 0.2) is 0 Å². The topological polar surface area (TPSA) is 34.1 Å². The van der Waals surface area contributed by atoms with Gasteiger partial charge in [0.1, 0.15) is 18.2 Å². The summed E-state index contributed by atoms with van der Waals surface area (Å²) in [4.78, 5) is 4.31. The van der Waals surface area contributed by atoms with Gasteiger partial charge in [-0.15, -0.1) is 0 Å². The molecule has 2 rings (SSSR count). The van der Waals surface area contributed by atoms with Gasteiger partial charge in [-0.05, 0) is 52.8 Å². The number of nitrogens with one attached hydrogen (secondary N) is 1. The highest BCUT2D eigenvalue weighted by Crippen LogP contribution is 2.26. The van der Waals surface area contributed by atoms with Gasteiger partial charge in [0.2, 0.25) is 0 Å². The maximum absolute atomic E-state index is 12.9. The minimum absolute atomic E-state index is 0.297. The van der Waals surface area contributed by atoms with Crippen LogP contribution in [-0.4, -0.2) is 12.0 Å². The molecule has 1 aromatic carbocycles. The maximum Gasteiger partial charge on any atom is 0.134 e. The zero-order valence-electron chi connectivity index (χ0n) is 10.5. The molecule has 0 radical (unpaired) electrons. The summed E-state index contributed by atoms with van der Waals surface area (Å²) in [6.07, 6.45) is 1.81. The molecule has 1 N–H and O–H groups in total. The summed E-state index contributed by atoms with van der Waals surface area (Å²) in [6.45, 7) is 1.14. The van der Waals surface area contributed by atoms with Crippen LogP contribution < -0.4 is 10.1 Å². The molecule has 5 heteroatoms. The van der Waals surface area contributed by atoms with E-state index in [-0.39, 0.29) is 5.82 Å². The molecule has 0 unspecified atom stereocenters. The van der Waals surface area contributed by atoms with E-state index in [1.54, 1.807) is 6.07 Å². The SMILES string of the molecule is CNCc1ccc(COc2ccc(F)cc2Br)nc1. The van der Waals surface area contributed by atoms with Gasteiger partial charge < -0.3 is 10.1 Å². The lowest BCUT2D eigenvalue weighted by molar-refractivity contribution is 0.299. The maximum atomic E-state index is 12.9. The summed E-state index contributed by atoms with van der Waals surface area (Å²) in [5.41, 5.74) is 1.95. The smallest absolute Gasteiger partial charge is 0.134 e. The van der Waals surface area contributed by atoms with Crippen LogP contribution >= 0.6 is 15.9 Å². The van der Waals surface area contributed by atoms with Gasteiger partial charge >= 0.3 is 0 Å². The summed E-state index contributed by atoms with van der Waals surface area (Å²) in [7, 11) is 1.89. The summed E-state index contributed by atoms with van der Waals surface area (Å²) in [6, 6.07) is 8.25. The average Bonchev–Trinajstić information content (AvgIpc) is 2.40. The molecule has 0 bridgehead atoms. The molecule has 2 aromatic rings. The molecule has 0 saturated carbocycles. The molecule has 0 atom stereocenters. The Hall–Kier alpha value is -1.46. The highest BCUT2D eigenvalue weighted by atomic mass is 79.9. The highest BCUT2D eigenvalue weighted by Gasteiger charge is 2.03. The van der Waals surface area contributed by atoms with Gasteiger partial charge in [-0.25, -0.2) is 4.39 Å². The van der Waals surface area contributed by atoms with E-state index in [0.29, 0.717) is 16.8 Å². The number of ether oxygens (including phenoxy) is 1. The summed E-state index contributed by atoms with van der Waals surface area (Å²) in [5.74, 6) is 0.302.